The van der Waals surface area contributed by atoms with E-state index in [1.54, 1.807) is 23.7 Å². The number of hydrogen-bond acceptors (Lipinski definition) is 5. The third-order valence-electron chi connectivity index (χ3n) is 2.40. The largest absolute Gasteiger partial charge is 0.481 e. The van der Waals surface area contributed by atoms with Crippen molar-refractivity contribution < 1.29 is 9.90 Å². The fraction of sp³-hybridized carbons (Fsp3) is 0.250. The molecule has 5 nitrogen and oxygen atoms in total. The number of carboxylic acids is 1. The second-order valence-corrected chi connectivity index (χ2v) is 4.71. The molecular formula is C12H13N3O2S. The van der Waals surface area contributed by atoms with Crippen molar-refractivity contribution >= 4 is 23.3 Å². The lowest BCUT2D eigenvalue weighted by Gasteiger charge is -2.03. The molecule has 2 aromatic rings. The number of anilines is 1. The Balaban J connectivity index is 2.02. The van der Waals surface area contributed by atoms with Crippen LogP contribution in [0.15, 0.2) is 23.8 Å². The zero-order valence-electron chi connectivity index (χ0n) is 9.88. The van der Waals surface area contributed by atoms with Gasteiger partial charge in [-0.25, -0.2) is 9.97 Å². The van der Waals surface area contributed by atoms with Gasteiger partial charge in [-0.15, -0.1) is 11.3 Å². The zero-order chi connectivity index (χ0) is 13.0. The molecule has 2 rings (SSSR count). The number of aryl methyl sites for hydroxylation is 1. The van der Waals surface area contributed by atoms with E-state index < -0.39 is 5.97 Å². The third kappa shape index (κ3) is 3.04. The maximum atomic E-state index is 10.4. The Kier molecular flexibility index (Phi) is 3.88. The molecule has 18 heavy (non-hydrogen) atoms. The Morgan fingerprint density at radius 2 is 2.17 bits per heavy atom. The van der Waals surface area contributed by atoms with Gasteiger partial charge in [0, 0.05) is 29.4 Å². The van der Waals surface area contributed by atoms with Crippen molar-refractivity contribution in [3.63, 3.8) is 0 Å². The SMILES string of the molecule is Cc1ccsc1-c1cnc(NCCC(=O)O)nc1. The Labute approximate surface area is 109 Å². The average Bonchev–Trinajstić information content (AvgIpc) is 2.76. The van der Waals surface area contributed by atoms with Crippen molar-refractivity contribution in [2.45, 2.75) is 13.3 Å². The lowest BCUT2D eigenvalue weighted by Crippen LogP contribution is -2.09. The summed E-state index contributed by atoms with van der Waals surface area (Å²) in [7, 11) is 0. The summed E-state index contributed by atoms with van der Waals surface area (Å²) >= 11 is 1.65. The van der Waals surface area contributed by atoms with Crippen LogP contribution in [0.1, 0.15) is 12.0 Å². The second kappa shape index (κ2) is 5.59. The monoisotopic (exact) mass is 263 g/mol. The Morgan fingerprint density at radius 1 is 1.44 bits per heavy atom. The number of thiophene rings is 1. The second-order valence-electron chi connectivity index (χ2n) is 3.80. The van der Waals surface area contributed by atoms with E-state index in [0.29, 0.717) is 12.5 Å². The normalized spacial score (nSPS) is 10.3. The van der Waals surface area contributed by atoms with E-state index in [2.05, 4.69) is 21.4 Å². The van der Waals surface area contributed by atoms with Crippen LogP contribution in [-0.2, 0) is 4.79 Å². The first kappa shape index (κ1) is 12.5. The highest BCUT2D eigenvalue weighted by Gasteiger charge is 2.05. The molecule has 0 aromatic carbocycles. The van der Waals surface area contributed by atoms with Crippen LogP contribution in [0.2, 0.25) is 0 Å². The predicted octanol–water partition coefficient (Wildman–Crippen LogP) is 2.40. The molecule has 0 spiro atoms. The zero-order valence-corrected chi connectivity index (χ0v) is 10.7. The van der Waals surface area contributed by atoms with E-state index in [9.17, 15) is 4.79 Å². The minimum absolute atomic E-state index is 0.0507. The Bertz CT molecular complexity index is 537. The Morgan fingerprint density at radius 3 is 2.72 bits per heavy atom. The number of carbonyl (C=O) groups is 1. The van der Waals surface area contributed by atoms with Gasteiger partial charge in [0.25, 0.3) is 0 Å². The molecule has 0 aliphatic carbocycles. The summed E-state index contributed by atoms with van der Waals surface area (Å²) in [6, 6.07) is 2.05. The molecule has 0 amide bonds. The molecule has 0 bridgehead atoms. The quantitative estimate of drug-likeness (QED) is 0.866. The number of carboxylic acid groups (broad SMARTS) is 1. The minimum Gasteiger partial charge on any atom is -0.481 e. The molecule has 0 radical (unpaired) electrons. The van der Waals surface area contributed by atoms with Crippen LogP contribution in [-0.4, -0.2) is 27.6 Å². The van der Waals surface area contributed by atoms with E-state index in [0.717, 1.165) is 10.4 Å². The minimum atomic E-state index is -0.840. The summed E-state index contributed by atoms with van der Waals surface area (Å²) in [4.78, 5) is 19.8. The van der Waals surface area contributed by atoms with E-state index in [4.69, 9.17) is 5.11 Å². The highest BCUT2D eigenvalue weighted by atomic mass is 32.1. The van der Waals surface area contributed by atoms with Crippen molar-refractivity contribution in [1.29, 1.82) is 0 Å². The molecule has 94 valence electrons. The first-order chi connectivity index (χ1) is 8.66. The summed E-state index contributed by atoms with van der Waals surface area (Å²) in [6.07, 6.45) is 3.54. The van der Waals surface area contributed by atoms with Gasteiger partial charge in [-0.05, 0) is 23.9 Å². The predicted molar refractivity (Wildman–Crippen MR) is 70.8 cm³/mol. The summed E-state index contributed by atoms with van der Waals surface area (Å²) in [5.74, 6) is -0.387. The van der Waals surface area contributed by atoms with Gasteiger partial charge >= 0.3 is 5.97 Å². The molecule has 2 aromatic heterocycles. The van der Waals surface area contributed by atoms with Gasteiger partial charge in [-0.2, -0.15) is 0 Å². The molecule has 0 unspecified atom stereocenters. The van der Waals surface area contributed by atoms with Crippen LogP contribution in [0.25, 0.3) is 10.4 Å². The maximum absolute atomic E-state index is 10.4. The molecule has 6 heteroatoms. The number of aliphatic carboxylic acids is 1. The average molecular weight is 263 g/mol. The van der Waals surface area contributed by atoms with Crippen molar-refractivity contribution in [3.05, 3.63) is 29.4 Å². The number of nitrogens with zero attached hydrogens (tertiary/aromatic N) is 2. The smallest absolute Gasteiger partial charge is 0.305 e. The third-order valence-corrected chi connectivity index (χ3v) is 3.46. The molecule has 2 N–H and O–H groups in total. The van der Waals surface area contributed by atoms with Crippen LogP contribution in [0, 0.1) is 6.92 Å². The van der Waals surface area contributed by atoms with Crippen molar-refractivity contribution in [2.75, 3.05) is 11.9 Å². The number of nitrogens with one attached hydrogen (secondary N) is 1. The van der Waals surface area contributed by atoms with E-state index in [1.165, 1.54) is 5.56 Å². The molecular weight excluding hydrogens is 250 g/mol. The number of rotatable bonds is 5. The molecule has 2 heterocycles. The first-order valence-corrected chi connectivity index (χ1v) is 6.37. The van der Waals surface area contributed by atoms with Crippen molar-refractivity contribution in [2.24, 2.45) is 0 Å². The molecule has 0 atom stereocenters. The van der Waals surface area contributed by atoms with E-state index in [-0.39, 0.29) is 6.42 Å². The van der Waals surface area contributed by atoms with Crippen molar-refractivity contribution in [3.8, 4) is 10.4 Å². The van der Waals surface area contributed by atoms with Gasteiger partial charge in [0.05, 0.1) is 6.42 Å². The van der Waals surface area contributed by atoms with Gasteiger partial charge < -0.3 is 10.4 Å². The Hall–Kier alpha value is -1.95. The van der Waals surface area contributed by atoms with Gasteiger partial charge in [0.2, 0.25) is 5.95 Å². The molecule has 0 aliphatic heterocycles. The van der Waals surface area contributed by atoms with Crippen LogP contribution < -0.4 is 5.32 Å². The van der Waals surface area contributed by atoms with Gasteiger partial charge in [0.1, 0.15) is 0 Å². The lowest BCUT2D eigenvalue weighted by atomic mass is 10.2. The van der Waals surface area contributed by atoms with Crippen LogP contribution in [0.4, 0.5) is 5.95 Å². The van der Waals surface area contributed by atoms with Crippen LogP contribution >= 0.6 is 11.3 Å². The summed E-state index contributed by atoms with van der Waals surface area (Å²) in [6.45, 7) is 2.37. The fourth-order valence-electron chi connectivity index (χ4n) is 1.49. The summed E-state index contributed by atoms with van der Waals surface area (Å²) < 4.78 is 0. The van der Waals surface area contributed by atoms with Gasteiger partial charge in [-0.1, -0.05) is 0 Å². The molecule has 0 saturated carbocycles. The first-order valence-electron chi connectivity index (χ1n) is 5.49. The molecule has 0 fully saturated rings. The number of hydrogen-bond donors (Lipinski definition) is 2. The molecule has 0 aliphatic rings. The highest BCUT2D eigenvalue weighted by Crippen LogP contribution is 2.27. The van der Waals surface area contributed by atoms with Gasteiger partial charge in [-0.3, -0.25) is 4.79 Å². The van der Waals surface area contributed by atoms with Gasteiger partial charge in [0.15, 0.2) is 0 Å². The lowest BCUT2D eigenvalue weighted by molar-refractivity contribution is -0.136. The summed E-state index contributed by atoms with van der Waals surface area (Å²) in [5.41, 5.74) is 2.18. The van der Waals surface area contributed by atoms with Crippen molar-refractivity contribution in [1.82, 2.24) is 9.97 Å². The van der Waals surface area contributed by atoms with Crippen LogP contribution in [0.3, 0.4) is 0 Å². The van der Waals surface area contributed by atoms with E-state index >= 15 is 0 Å². The van der Waals surface area contributed by atoms with Crippen LogP contribution in [0.5, 0.6) is 0 Å². The number of aromatic nitrogens is 2. The standard InChI is InChI=1S/C12H13N3O2S/c1-8-3-5-18-11(8)9-6-14-12(15-7-9)13-4-2-10(16)17/h3,5-7H,2,4H2,1H3,(H,16,17)(H,13,14,15). The summed E-state index contributed by atoms with van der Waals surface area (Å²) in [5, 5.41) is 13.4. The highest BCUT2D eigenvalue weighted by molar-refractivity contribution is 7.13. The molecule has 0 saturated heterocycles. The van der Waals surface area contributed by atoms with E-state index in [1.807, 2.05) is 12.3 Å². The topological polar surface area (TPSA) is 75.1 Å². The fourth-order valence-corrected chi connectivity index (χ4v) is 2.39. The maximum Gasteiger partial charge on any atom is 0.305 e.